The van der Waals surface area contributed by atoms with Crippen molar-refractivity contribution in [2.75, 3.05) is 0 Å². The van der Waals surface area contributed by atoms with E-state index < -0.39 is 0 Å². The fourth-order valence-corrected chi connectivity index (χ4v) is 2.48. The van der Waals surface area contributed by atoms with Gasteiger partial charge in [-0.3, -0.25) is 0 Å². The SMILES string of the molecule is c1ccc(Oc2nc(Oc3ccccc3)n3nc(-c4ccno4)nc3n2)cc1. The molecule has 3 aromatic heterocycles. The average molecular weight is 372 g/mol. The summed E-state index contributed by atoms with van der Waals surface area (Å²) in [6.45, 7) is 0. The molecule has 0 bridgehead atoms. The predicted octanol–water partition coefficient (Wildman–Crippen LogP) is 3.76. The third-order valence-electron chi connectivity index (χ3n) is 3.72. The quantitative estimate of drug-likeness (QED) is 0.460. The highest BCUT2D eigenvalue weighted by Crippen LogP contribution is 2.25. The Bertz CT molecular complexity index is 1210. The Balaban J connectivity index is 1.61. The van der Waals surface area contributed by atoms with Crippen LogP contribution in [0.4, 0.5) is 0 Å². The van der Waals surface area contributed by atoms with E-state index in [0.717, 1.165) is 0 Å². The molecule has 0 saturated carbocycles. The zero-order chi connectivity index (χ0) is 18.8. The third-order valence-corrected chi connectivity index (χ3v) is 3.72. The zero-order valence-corrected chi connectivity index (χ0v) is 14.3. The van der Waals surface area contributed by atoms with Crippen LogP contribution < -0.4 is 9.47 Å². The summed E-state index contributed by atoms with van der Waals surface area (Å²) in [5, 5.41) is 8.04. The minimum Gasteiger partial charge on any atom is -0.424 e. The number of nitrogens with zero attached hydrogens (tertiary/aromatic N) is 6. The molecule has 0 fully saturated rings. The molecule has 9 nitrogen and oxygen atoms in total. The van der Waals surface area contributed by atoms with Crippen molar-refractivity contribution < 1.29 is 14.0 Å². The third kappa shape index (κ3) is 3.12. The molecule has 28 heavy (non-hydrogen) atoms. The number of fused-ring (bicyclic) bond motifs is 1. The monoisotopic (exact) mass is 372 g/mol. The molecule has 2 aromatic carbocycles. The van der Waals surface area contributed by atoms with E-state index in [2.05, 4.69) is 25.2 Å². The van der Waals surface area contributed by atoms with E-state index in [1.54, 1.807) is 30.3 Å². The fourth-order valence-electron chi connectivity index (χ4n) is 2.48. The number of ether oxygens (including phenoxy) is 2. The maximum atomic E-state index is 5.88. The maximum Gasteiger partial charge on any atom is 0.331 e. The first-order valence-corrected chi connectivity index (χ1v) is 8.37. The van der Waals surface area contributed by atoms with E-state index in [4.69, 9.17) is 14.0 Å². The van der Waals surface area contributed by atoms with Crippen LogP contribution in [0, 0.1) is 0 Å². The number of hydrogen-bond donors (Lipinski definition) is 0. The van der Waals surface area contributed by atoms with Gasteiger partial charge < -0.3 is 14.0 Å². The molecule has 0 aliphatic heterocycles. The lowest BCUT2D eigenvalue weighted by Gasteiger charge is -2.08. The average Bonchev–Trinajstić information content (AvgIpc) is 3.39. The van der Waals surface area contributed by atoms with Crippen molar-refractivity contribution in [3.63, 3.8) is 0 Å². The second-order valence-corrected chi connectivity index (χ2v) is 5.64. The Labute approximate surface area is 158 Å². The Hall–Kier alpha value is -4.27. The minimum absolute atomic E-state index is 0.0844. The molecule has 9 heteroatoms. The van der Waals surface area contributed by atoms with Crippen molar-refractivity contribution in [3.05, 3.63) is 72.9 Å². The van der Waals surface area contributed by atoms with Gasteiger partial charge in [-0.15, -0.1) is 14.6 Å². The molecule has 0 aliphatic rings. The van der Waals surface area contributed by atoms with E-state index in [9.17, 15) is 0 Å². The van der Waals surface area contributed by atoms with E-state index in [-0.39, 0.29) is 17.8 Å². The molecule has 0 saturated heterocycles. The normalized spacial score (nSPS) is 10.9. The summed E-state index contributed by atoms with van der Waals surface area (Å²) in [4.78, 5) is 13.0. The topological polar surface area (TPSA) is 100 Å². The zero-order valence-electron chi connectivity index (χ0n) is 14.3. The predicted molar refractivity (Wildman–Crippen MR) is 97.1 cm³/mol. The van der Waals surface area contributed by atoms with Crippen molar-refractivity contribution >= 4 is 5.78 Å². The molecule has 0 radical (unpaired) electrons. The first kappa shape index (κ1) is 15.9. The molecule has 136 valence electrons. The Morgan fingerprint density at radius 2 is 1.46 bits per heavy atom. The van der Waals surface area contributed by atoms with Gasteiger partial charge in [0, 0.05) is 6.07 Å². The first-order valence-electron chi connectivity index (χ1n) is 8.37. The summed E-state index contributed by atoms with van der Waals surface area (Å²) < 4.78 is 18.1. The molecular formula is C19H12N6O3. The van der Waals surface area contributed by atoms with E-state index in [1.165, 1.54) is 10.7 Å². The van der Waals surface area contributed by atoms with Crippen LogP contribution in [-0.4, -0.2) is 29.7 Å². The van der Waals surface area contributed by atoms with Crippen LogP contribution in [0.1, 0.15) is 0 Å². The maximum absolute atomic E-state index is 5.88. The number of rotatable bonds is 5. The van der Waals surface area contributed by atoms with Crippen LogP contribution in [-0.2, 0) is 0 Å². The molecular weight excluding hydrogens is 360 g/mol. The summed E-state index contributed by atoms with van der Waals surface area (Å²) in [5.74, 6) is 2.14. The molecule has 0 amide bonds. The highest BCUT2D eigenvalue weighted by molar-refractivity contribution is 5.49. The van der Waals surface area contributed by atoms with Crippen molar-refractivity contribution in [1.29, 1.82) is 0 Å². The lowest BCUT2D eigenvalue weighted by atomic mass is 10.3. The molecule has 0 aliphatic carbocycles. The van der Waals surface area contributed by atoms with Gasteiger partial charge >= 0.3 is 12.0 Å². The summed E-state index contributed by atoms with van der Waals surface area (Å²) in [7, 11) is 0. The minimum atomic E-state index is 0.0844. The largest absolute Gasteiger partial charge is 0.424 e. The Morgan fingerprint density at radius 1 is 0.750 bits per heavy atom. The van der Waals surface area contributed by atoms with E-state index >= 15 is 0 Å². The molecule has 0 spiro atoms. The van der Waals surface area contributed by atoms with Crippen LogP contribution in [0.15, 0.2) is 77.4 Å². The van der Waals surface area contributed by atoms with Crippen molar-refractivity contribution in [3.8, 4) is 35.1 Å². The van der Waals surface area contributed by atoms with Crippen molar-refractivity contribution in [1.82, 2.24) is 29.7 Å². The van der Waals surface area contributed by atoms with Gasteiger partial charge in [0.15, 0.2) is 0 Å². The van der Waals surface area contributed by atoms with Crippen LogP contribution in [0.25, 0.3) is 17.4 Å². The molecule has 0 atom stereocenters. The Morgan fingerprint density at radius 3 is 2.14 bits per heavy atom. The van der Waals surface area contributed by atoms with Gasteiger partial charge in [0.1, 0.15) is 11.5 Å². The van der Waals surface area contributed by atoms with Gasteiger partial charge in [-0.05, 0) is 24.3 Å². The van der Waals surface area contributed by atoms with Gasteiger partial charge in [-0.2, -0.15) is 9.97 Å². The molecule has 3 heterocycles. The van der Waals surface area contributed by atoms with Crippen molar-refractivity contribution in [2.45, 2.75) is 0 Å². The van der Waals surface area contributed by atoms with Crippen LogP contribution in [0.2, 0.25) is 0 Å². The van der Waals surface area contributed by atoms with Gasteiger partial charge in [0.2, 0.25) is 11.6 Å². The van der Waals surface area contributed by atoms with E-state index in [0.29, 0.717) is 23.1 Å². The van der Waals surface area contributed by atoms with Gasteiger partial charge in [0.05, 0.1) is 6.20 Å². The van der Waals surface area contributed by atoms with Gasteiger partial charge in [-0.25, -0.2) is 0 Å². The van der Waals surface area contributed by atoms with Gasteiger partial charge in [-0.1, -0.05) is 41.6 Å². The molecule has 0 N–H and O–H groups in total. The van der Waals surface area contributed by atoms with Crippen LogP contribution in [0.5, 0.6) is 23.5 Å². The van der Waals surface area contributed by atoms with Crippen molar-refractivity contribution in [2.24, 2.45) is 0 Å². The van der Waals surface area contributed by atoms with Crippen LogP contribution >= 0.6 is 0 Å². The summed E-state index contributed by atoms with van der Waals surface area (Å²) in [6, 6.07) is 20.3. The first-order chi connectivity index (χ1) is 13.8. The number of para-hydroxylation sites is 2. The number of benzene rings is 2. The second kappa shape index (κ2) is 6.80. The molecule has 5 rings (SSSR count). The van der Waals surface area contributed by atoms with Gasteiger partial charge in [0.25, 0.3) is 5.78 Å². The highest BCUT2D eigenvalue weighted by Gasteiger charge is 2.18. The second-order valence-electron chi connectivity index (χ2n) is 5.64. The molecule has 5 aromatic rings. The standard InChI is InChI=1S/C19H12N6O3/c1-3-7-13(8-4-1)26-18-22-17-21-16(15-11-12-20-28-15)24-25(17)19(23-18)27-14-9-5-2-6-10-14/h1-12H. The summed E-state index contributed by atoms with van der Waals surface area (Å²) in [5.41, 5.74) is 0. The smallest absolute Gasteiger partial charge is 0.331 e. The lowest BCUT2D eigenvalue weighted by Crippen LogP contribution is -2.03. The highest BCUT2D eigenvalue weighted by atomic mass is 16.5. The van der Waals surface area contributed by atoms with Crippen LogP contribution in [0.3, 0.4) is 0 Å². The summed E-state index contributed by atoms with van der Waals surface area (Å²) >= 11 is 0. The fraction of sp³-hybridized carbons (Fsp3) is 0. The number of hydrogen-bond acceptors (Lipinski definition) is 8. The lowest BCUT2D eigenvalue weighted by molar-refractivity contribution is 0.388. The number of aromatic nitrogens is 6. The Kier molecular flexibility index (Phi) is 3.87. The van der Waals surface area contributed by atoms with E-state index in [1.807, 2.05) is 36.4 Å². The summed E-state index contributed by atoms with van der Waals surface area (Å²) in [6.07, 6.45) is 1.51. The molecule has 0 unspecified atom stereocenters.